The third-order valence-electron chi connectivity index (χ3n) is 7.42. The predicted molar refractivity (Wildman–Crippen MR) is 162 cm³/mol. The predicted octanol–water partition coefficient (Wildman–Crippen LogP) is 4.54. The van der Waals surface area contributed by atoms with Gasteiger partial charge in [-0.2, -0.15) is 9.40 Å². The fourth-order valence-corrected chi connectivity index (χ4v) is 9.11. The van der Waals surface area contributed by atoms with E-state index in [0.717, 1.165) is 55.7 Å². The second-order valence-corrected chi connectivity index (χ2v) is 14.5. The molecule has 11 nitrogen and oxygen atoms in total. The van der Waals surface area contributed by atoms with E-state index in [2.05, 4.69) is 49.7 Å². The van der Waals surface area contributed by atoms with Crippen molar-refractivity contribution in [3.05, 3.63) is 47.0 Å². The molecular formula is C27H32N8O3S3. The van der Waals surface area contributed by atoms with E-state index < -0.39 is 10.0 Å². The van der Waals surface area contributed by atoms with Crippen molar-refractivity contribution in [1.82, 2.24) is 34.1 Å². The van der Waals surface area contributed by atoms with Crippen LogP contribution in [0.15, 0.2) is 38.6 Å². The van der Waals surface area contributed by atoms with Crippen molar-refractivity contribution in [3.63, 3.8) is 0 Å². The van der Waals surface area contributed by atoms with Crippen molar-refractivity contribution in [3.8, 4) is 21.8 Å². The SMILES string of the molecule is Cc1cc(-c2ccc(S(=O)(=O)N3CCN(C[C@H](C)Nc4ncnc5c(-c6c(C)nn(C)c6C)csc45)CC3)s2)on1. The average Bonchev–Trinajstić information content (AvgIpc) is 3.72. The minimum absolute atomic E-state index is 0.105. The van der Waals surface area contributed by atoms with Gasteiger partial charge in [-0.1, -0.05) is 5.16 Å². The van der Waals surface area contributed by atoms with Gasteiger partial charge in [-0.25, -0.2) is 18.4 Å². The smallest absolute Gasteiger partial charge is 0.252 e. The Bertz CT molecular complexity index is 1810. The van der Waals surface area contributed by atoms with Crippen molar-refractivity contribution in [1.29, 1.82) is 0 Å². The Labute approximate surface area is 246 Å². The monoisotopic (exact) mass is 612 g/mol. The summed E-state index contributed by atoms with van der Waals surface area (Å²) in [6.45, 7) is 11.0. The molecule has 0 bridgehead atoms. The highest BCUT2D eigenvalue weighted by atomic mass is 32.2. The number of aryl methyl sites for hydroxylation is 3. The fourth-order valence-electron chi connectivity index (χ4n) is 5.31. The summed E-state index contributed by atoms with van der Waals surface area (Å²) in [5.41, 5.74) is 5.98. The topological polar surface area (TPSA) is 122 Å². The van der Waals surface area contributed by atoms with Crippen molar-refractivity contribution >= 4 is 48.7 Å². The van der Waals surface area contributed by atoms with Gasteiger partial charge in [0.15, 0.2) is 5.76 Å². The molecule has 6 rings (SSSR count). The lowest BCUT2D eigenvalue weighted by molar-refractivity contribution is 0.184. The van der Waals surface area contributed by atoms with E-state index in [4.69, 9.17) is 4.52 Å². The van der Waals surface area contributed by atoms with Crippen LogP contribution < -0.4 is 5.32 Å². The summed E-state index contributed by atoms with van der Waals surface area (Å²) in [5.74, 6) is 1.40. The summed E-state index contributed by atoms with van der Waals surface area (Å²) < 4.78 is 36.8. The molecule has 216 valence electrons. The van der Waals surface area contributed by atoms with Gasteiger partial charge in [0.25, 0.3) is 10.0 Å². The van der Waals surface area contributed by atoms with E-state index in [1.165, 1.54) is 11.3 Å². The molecule has 0 aromatic carbocycles. The highest BCUT2D eigenvalue weighted by Crippen LogP contribution is 2.38. The zero-order valence-electron chi connectivity index (χ0n) is 23.6. The number of hydrogen-bond acceptors (Lipinski definition) is 11. The number of anilines is 1. The van der Waals surface area contributed by atoms with E-state index in [0.29, 0.717) is 36.1 Å². The number of nitrogens with zero attached hydrogens (tertiary/aromatic N) is 7. The van der Waals surface area contributed by atoms with E-state index in [-0.39, 0.29) is 6.04 Å². The van der Waals surface area contributed by atoms with Crippen LogP contribution in [0.2, 0.25) is 0 Å². The Morgan fingerprint density at radius 1 is 1.12 bits per heavy atom. The Morgan fingerprint density at radius 2 is 1.90 bits per heavy atom. The molecule has 0 spiro atoms. The lowest BCUT2D eigenvalue weighted by atomic mass is 10.1. The van der Waals surface area contributed by atoms with Crippen molar-refractivity contribution in [2.24, 2.45) is 7.05 Å². The third-order valence-corrected chi connectivity index (χ3v) is 11.9. The molecule has 5 aromatic heterocycles. The minimum Gasteiger partial charge on any atom is -0.365 e. The molecule has 1 N–H and O–H groups in total. The zero-order valence-corrected chi connectivity index (χ0v) is 26.0. The van der Waals surface area contributed by atoms with Crippen LogP contribution in [0, 0.1) is 20.8 Å². The van der Waals surface area contributed by atoms with Crippen molar-refractivity contribution < 1.29 is 12.9 Å². The summed E-state index contributed by atoms with van der Waals surface area (Å²) in [5, 5.41) is 14.2. The molecule has 0 radical (unpaired) electrons. The summed E-state index contributed by atoms with van der Waals surface area (Å²) in [6.07, 6.45) is 1.61. The van der Waals surface area contributed by atoms with Crippen LogP contribution in [0.4, 0.5) is 5.82 Å². The number of sulfonamides is 1. The van der Waals surface area contributed by atoms with Crippen molar-refractivity contribution in [2.75, 3.05) is 38.0 Å². The first-order valence-electron chi connectivity index (χ1n) is 13.4. The first kappa shape index (κ1) is 28.0. The normalized spacial score (nSPS) is 16.0. The molecule has 1 aliphatic heterocycles. The lowest BCUT2D eigenvalue weighted by Gasteiger charge is -2.35. The van der Waals surface area contributed by atoms with Crippen LogP contribution >= 0.6 is 22.7 Å². The van der Waals surface area contributed by atoms with E-state index in [1.54, 1.807) is 34.1 Å². The van der Waals surface area contributed by atoms with Gasteiger partial charge in [0.05, 0.1) is 26.5 Å². The fraction of sp³-hybridized carbons (Fsp3) is 0.407. The maximum Gasteiger partial charge on any atom is 0.252 e. The van der Waals surface area contributed by atoms with E-state index in [9.17, 15) is 8.42 Å². The highest BCUT2D eigenvalue weighted by Gasteiger charge is 2.30. The maximum atomic E-state index is 13.3. The van der Waals surface area contributed by atoms with Crippen molar-refractivity contribution in [2.45, 2.75) is 37.9 Å². The van der Waals surface area contributed by atoms with Gasteiger partial charge < -0.3 is 9.84 Å². The molecule has 0 saturated carbocycles. The average molecular weight is 613 g/mol. The van der Waals surface area contributed by atoms with Gasteiger partial charge >= 0.3 is 0 Å². The molecule has 5 aromatic rings. The number of thiophene rings is 2. The minimum atomic E-state index is -3.57. The Kier molecular flexibility index (Phi) is 7.44. The van der Waals surface area contributed by atoms with Crippen LogP contribution in [0.5, 0.6) is 0 Å². The number of rotatable bonds is 8. The molecule has 1 saturated heterocycles. The van der Waals surface area contributed by atoms with Crippen LogP contribution in [-0.4, -0.2) is 81.3 Å². The Balaban J connectivity index is 1.09. The first-order chi connectivity index (χ1) is 19.6. The quantitative estimate of drug-likeness (QED) is 0.269. The summed E-state index contributed by atoms with van der Waals surface area (Å²) in [7, 11) is -1.61. The zero-order chi connectivity index (χ0) is 28.9. The Morgan fingerprint density at radius 3 is 2.59 bits per heavy atom. The van der Waals surface area contributed by atoms with Gasteiger partial charge in [0.1, 0.15) is 16.4 Å². The molecule has 6 heterocycles. The number of aromatic nitrogens is 5. The van der Waals surface area contributed by atoms with E-state index >= 15 is 0 Å². The van der Waals surface area contributed by atoms with Gasteiger partial charge in [-0.3, -0.25) is 9.58 Å². The molecule has 1 fully saturated rings. The van der Waals surface area contributed by atoms with Gasteiger partial charge in [0.2, 0.25) is 0 Å². The van der Waals surface area contributed by atoms with Crippen LogP contribution in [0.3, 0.4) is 0 Å². The Hall–Kier alpha value is -3.17. The maximum absolute atomic E-state index is 13.3. The lowest BCUT2D eigenvalue weighted by Crippen LogP contribution is -2.50. The first-order valence-corrected chi connectivity index (χ1v) is 16.5. The highest BCUT2D eigenvalue weighted by molar-refractivity contribution is 7.91. The summed E-state index contributed by atoms with van der Waals surface area (Å²) in [6, 6.07) is 5.35. The number of nitrogens with one attached hydrogen (secondary N) is 1. The molecule has 14 heteroatoms. The van der Waals surface area contributed by atoms with Crippen LogP contribution in [0.1, 0.15) is 24.0 Å². The molecular weight excluding hydrogens is 581 g/mol. The number of piperazine rings is 1. The van der Waals surface area contributed by atoms with Crippen LogP contribution in [0.25, 0.3) is 32.0 Å². The summed E-state index contributed by atoms with van der Waals surface area (Å²) in [4.78, 5) is 12.2. The number of hydrogen-bond donors (Lipinski definition) is 1. The number of fused-ring (bicyclic) bond motifs is 1. The molecule has 1 atom stereocenters. The third kappa shape index (κ3) is 5.30. The van der Waals surface area contributed by atoms with Crippen LogP contribution in [-0.2, 0) is 17.1 Å². The molecule has 0 unspecified atom stereocenters. The van der Waals surface area contributed by atoms with Gasteiger partial charge in [0, 0.05) is 74.1 Å². The molecule has 41 heavy (non-hydrogen) atoms. The molecule has 1 aliphatic rings. The van der Waals surface area contributed by atoms with Gasteiger partial charge in [-0.15, -0.1) is 22.7 Å². The standard InChI is InChI=1S/C27H32N8O3S3/c1-16-12-21(38-32-16)22-6-7-23(40-22)41(36,37)35-10-8-34(9-11-35)13-17(2)30-27-26-25(28-15-29-27)20(14-39-26)24-18(3)31-33(5)19(24)4/h6-7,12,14-15,17H,8-11,13H2,1-5H3,(H,28,29,30)/t17-/m0/s1. The largest absolute Gasteiger partial charge is 0.365 e. The molecule has 0 aliphatic carbocycles. The molecule has 0 amide bonds. The second kappa shape index (κ2) is 10.9. The van der Waals surface area contributed by atoms with E-state index in [1.807, 2.05) is 31.6 Å². The van der Waals surface area contributed by atoms with Gasteiger partial charge in [-0.05, 0) is 39.8 Å². The second-order valence-electron chi connectivity index (χ2n) is 10.4. The summed E-state index contributed by atoms with van der Waals surface area (Å²) >= 11 is 2.85.